The summed E-state index contributed by atoms with van der Waals surface area (Å²) in [6.45, 7) is 0. The summed E-state index contributed by atoms with van der Waals surface area (Å²) in [6, 6.07) is 3.30. The Kier molecular flexibility index (Phi) is 5.17. The van der Waals surface area contributed by atoms with Crippen molar-refractivity contribution in [2.75, 3.05) is 0 Å². The van der Waals surface area contributed by atoms with Crippen LogP contribution in [-0.4, -0.2) is 17.0 Å². The maximum atomic E-state index is 13.5. The molecule has 1 aliphatic rings. The van der Waals surface area contributed by atoms with Gasteiger partial charge in [0.25, 0.3) is 0 Å². The molecule has 0 spiro atoms. The number of aliphatic carboxylic acids is 1. The van der Waals surface area contributed by atoms with E-state index in [2.05, 4.69) is 5.32 Å². The maximum absolute atomic E-state index is 13.5. The average Bonchev–Trinajstić information content (AvgIpc) is 3.22. The monoisotopic (exact) mass is 313 g/mol. The summed E-state index contributed by atoms with van der Waals surface area (Å²) in [6.07, 6.45) is 3.22. The molecule has 1 amide bonds. The molecule has 0 aromatic heterocycles. The summed E-state index contributed by atoms with van der Waals surface area (Å²) in [5.74, 6) is -1.26. The Hall–Kier alpha value is -1.62. The standard InChI is InChI=1S/C15H17ClFNO3/c16-11-5-4-10(7-12(11)17)13(8-15(20)21)18-14(19)6-3-9-1-2-9/h4-5,7,9,13H,1-3,6,8H2,(H,18,19)(H,20,21). The van der Waals surface area contributed by atoms with Gasteiger partial charge in [-0.15, -0.1) is 0 Å². The van der Waals surface area contributed by atoms with Crippen LogP contribution in [0.5, 0.6) is 0 Å². The Balaban J connectivity index is 2.03. The largest absolute Gasteiger partial charge is 0.481 e. The highest BCUT2D eigenvalue weighted by Crippen LogP contribution is 2.33. The average molecular weight is 314 g/mol. The van der Waals surface area contributed by atoms with Gasteiger partial charge in [0, 0.05) is 6.42 Å². The van der Waals surface area contributed by atoms with Crippen LogP contribution in [-0.2, 0) is 9.59 Å². The summed E-state index contributed by atoms with van der Waals surface area (Å²) in [7, 11) is 0. The lowest BCUT2D eigenvalue weighted by molar-refractivity contribution is -0.137. The van der Waals surface area contributed by atoms with Gasteiger partial charge in [0.1, 0.15) is 5.82 Å². The summed E-state index contributed by atoms with van der Waals surface area (Å²) in [5.41, 5.74) is 0.402. The van der Waals surface area contributed by atoms with E-state index < -0.39 is 17.8 Å². The van der Waals surface area contributed by atoms with Gasteiger partial charge in [-0.25, -0.2) is 4.39 Å². The lowest BCUT2D eigenvalue weighted by atomic mass is 10.0. The Morgan fingerprint density at radius 2 is 2.14 bits per heavy atom. The van der Waals surface area contributed by atoms with Crippen LogP contribution >= 0.6 is 11.6 Å². The summed E-state index contributed by atoms with van der Waals surface area (Å²) in [4.78, 5) is 22.8. The van der Waals surface area contributed by atoms with Gasteiger partial charge in [-0.3, -0.25) is 9.59 Å². The number of nitrogens with one attached hydrogen (secondary N) is 1. The molecule has 2 N–H and O–H groups in total. The SMILES string of the molecule is O=C(O)CC(NC(=O)CCC1CC1)c1ccc(Cl)c(F)c1. The molecular weight excluding hydrogens is 297 g/mol. The lowest BCUT2D eigenvalue weighted by Gasteiger charge is -2.18. The van der Waals surface area contributed by atoms with Crippen LogP contribution in [0.25, 0.3) is 0 Å². The first-order valence-electron chi connectivity index (χ1n) is 6.92. The molecule has 1 atom stereocenters. The highest BCUT2D eigenvalue weighted by Gasteiger charge is 2.24. The summed E-state index contributed by atoms with van der Waals surface area (Å²) >= 11 is 5.61. The predicted octanol–water partition coefficient (Wildman–Crippen LogP) is 3.30. The third-order valence-corrected chi connectivity index (χ3v) is 3.84. The van der Waals surface area contributed by atoms with E-state index in [0.717, 1.165) is 25.3 Å². The van der Waals surface area contributed by atoms with E-state index in [1.165, 1.54) is 12.1 Å². The highest BCUT2D eigenvalue weighted by atomic mass is 35.5. The minimum absolute atomic E-state index is 0.0344. The molecule has 6 heteroatoms. The van der Waals surface area contributed by atoms with Crippen molar-refractivity contribution >= 4 is 23.5 Å². The van der Waals surface area contributed by atoms with Crippen LogP contribution in [0.2, 0.25) is 5.02 Å². The predicted molar refractivity (Wildman–Crippen MR) is 76.5 cm³/mol. The third kappa shape index (κ3) is 5.01. The van der Waals surface area contributed by atoms with Crippen molar-refractivity contribution in [3.8, 4) is 0 Å². The Morgan fingerprint density at radius 1 is 1.43 bits per heavy atom. The second-order valence-electron chi connectivity index (χ2n) is 5.37. The number of carboxylic acid groups (broad SMARTS) is 1. The smallest absolute Gasteiger partial charge is 0.305 e. The topological polar surface area (TPSA) is 66.4 Å². The zero-order valence-electron chi connectivity index (χ0n) is 11.4. The first kappa shape index (κ1) is 15.8. The van der Waals surface area contributed by atoms with Crippen LogP contribution in [0.3, 0.4) is 0 Å². The van der Waals surface area contributed by atoms with Gasteiger partial charge in [-0.05, 0) is 30.0 Å². The minimum atomic E-state index is -1.06. The number of halogens is 2. The molecule has 0 saturated heterocycles. The molecule has 1 aliphatic carbocycles. The normalized spacial score (nSPS) is 15.5. The van der Waals surface area contributed by atoms with Crippen LogP contribution in [0.4, 0.5) is 4.39 Å². The number of benzene rings is 1. The second kappa shape index (κ2) is 6.89. The van der Waals surface area contributed by atoms with Crippen LogP contribution in [0, 0.1) is 11.7 Å². The zero-order valence-corrected chi connectivity index (χ0v) is 12.2. The molecule has 114 valence electrons. The molecule has 21 heavy (non-hydrogen) atoms. The van der Waals surface area contributed by atoms with Gasteiger partial charge in [-0.1, -0.05) is 30.5 Å². The number of hydrogen-bond acceptors (Lipinski definition) is 2. The molecule has 1 saturated carbocycles. The number of amides is 1. The maximum Gasteiger partial charge on any atom is 0.305 e. The Bertz CT molecular complexity index is 546. The van der Waals surface area contributed by atoms with Crippen molar-refractivity contribution < 1.29 is 19.1 Å². The number of carboxylic acids is 1. The van der Waals surface area contributed by atoms with Crippen molar-refractivity contribution in [3.05, 3.63) is 34.6 Å². The molecule has 4 nitrogen and oxygen atoms in total. The van der Waals surface area contributed by atoms with E-state index >= 15 is 0 Å². The van der Waals surface area contributed by atoms with Gasteiger partial charge in [-0.2, -0.15) is 0 Å². The number of rotatable bonds is 7. The first-order valence-corrected chi connectivity index (χ1v) is 7.29. The van der Waals surface area contributed by atoms with E-state index in [0.29, 0.717) is 17.9 Å². The zero-order chi connectivity index (χ0) is 15.4. The Labute approximate surface area is 127 Å². The first-order chi connectivity index (χ1) is 9.95. The fourth-order valence-electron chi connectivity index (χ4n) is 2.16. The minimum Gasteiger partial charge on any atom is -0.481 e. The second-order valence-corrected chi connectivity index (χ2v) is 5.78. The molecule has 0 heterocycles. The molecule has 2 rings (SSSR count). The van der Waals surface area contributed by atoms with Crippen molar-refractivity contribution in [1.82, 2.24) is 5.32 Å². The van der Waals surface area contributed by atoms with Gasteiger partial charge >= 0.3 is 5.97 Å². The van der Waals surface area contributed by atoms with Gasteiger partial charge in [0.2, 0.25) is 5.91 Å². The molecule has 0 radical (unpaired) electrons. The fourth-order valence-corrected chi connectivity index (χ4v) is 2.28. The molecule has 0 aliphatic heterocycles. The third-order valence-electron chi connectivity index (χ3n) is 3.54. The van der Waals surface area contributed by atoms with Gasteiger partial charge in [0.15, 0.2) is 0 Å². The highest BCUT2D eigenvalue weighted by molar-refractivity contribution is 6.30. The van der Waals surface area contributed by atoms with Crippen LogP contribution in [0.15, 0.2) is 18.2 Å². The molecule has 1 unspecified atom stereocenters. The van der Waals surface area contributed by atoms with Gasteiger partial charge in [0.05, 0.1) is 17.5 Å². The van der Waals surface area contributed by atoms with Crippen LogP contribution in [0.1, 0.15) is 43.7 Å². The molecular formula is C15H17ClFNO3. The summed E-state index contributed by atoms with van der Waals surface area (Å²) < 4.78 is 13.5. The fraction of sp³-hybridized carbons (Fsp3) is 0.467. The quantitative estimate of drug-likeness (QED) is 0.811. The lowest BCUT2D eigenvalue weighted by Crippen LogP contribution is -2.30. The number of carbonyl (C=O) groups is 2. The van der Waals surface area contributed by atoms with E-state index in [9.17, 15) is 14.0 Å². The number of hydrogen-bond donors (Lipinski definition) is 2. The number of carbonyl (C=O) groups excluding carboxylic acids is 1. The van der Waals surface area contributed by atoms with E-state index in [1.807, 2.05) is 0 Å². The van der Waals surface area contributed by atoms with E-state index in [4.69, 9.17) is 16.7 Å². The molecule has 1 aromatic carbocycles. The molecule has 1 aromatic rings. The summed E-state index contributed by atoms with van der Waals surface area (Å²) in [5, 5.41) is 11.6. The van der Waals surface area contributed by atoms with Crippen molar-refractivity contribution in [3.63, 3.8) is 0 Å². The van der Waals surface area contributed by atoms with Crippen molar-refractivity contribution in [2.24, 2.45) is 5.92 Å². The van der Waals surface area contributed by atoms with Gasteiger partial charge < -0.3 is 10.4 Å². The van der Waals surface area contributed by atoms with Crippen molar-refractivity contribution in [1.29, 1.82) is 0 Å². The van der Waals surface area contributed by atoms with E-state index in [-0.39, 0.29) is 17.4 Å². The van der Waals surface area contributed by atoms with Crippen molar-refractivity contribution in [2.45, 2.75) is 38.1 Å². The Morgan fingerprint density at radius 3 is 2.71 bits per heavy atom. The molecule has 0 bridgehead atoms. The molecule has 1 fully saturated rings. The van der Waals surface area contributed by atoms with Crippen LogP contribution < -0.4 is 5.32 Å². The van der Waals surface area contributed by atoms with E-state index in [1.54, 1.807) is 0 Å².